The molecule has 0 radical (unpaired) electrons. The zero-order valence-corrected chi connectivity index (χ0v) is 15.0. The van der Waals surface area contributed by atoms with Crippen molar-refractivity contribution in [3.63, 3.8) is 0 Å². The molecule has 0 bridgehead atoms. The third-order valence-corrected chi connectivity index (χ3v) is 7.06. The third-order valence-electron chi connectivity index (χ3n) is 7.06. The van der Waals surface area contributed by atoms with Gasteiger partial charge < -0.3 is 5.73 Å². The maximum atomic E-state index is 12.6. The van der Waals surface area contributed by atoms with Crippen LogP contribution < -0.4 is 5.73 Å². The van der Waals surface area contributed by atoms with E-state index in [9.17, 15) is 4.79 Å². The lowest BCUT2D eigenvalue weighted by Gasteiger charge is -2.52. The minimum atomic E-state index is -0.284. The van der Waals surface area contributed by atoms with E-state index < -0.39 is 0 Å². The van der Waals surface area contributed by atoms with E-state index in [0.29, 0.717) is 0 Å². The Kier molecular flexibility index (Phi) is 6.35. The molecule has 2 rings (SSSR count). The number of rotatable bonds is 5. The summed E-state index contributed by atoms with van der Waals surface area (Å²) in [5, 5.41) is 0. The molecule has 128 valence electrons. The van der Waals surface area contributed by atoms with Crippen molar-refractivity contribution in [2.24, 2.45) is 22.5 Å². The molecule has 2 N–H and O–H groups in total. The summed E-state index contributed by atoms with van der Waals surface area (Å²) in [5.74, 6) is 0.701. The fourth-order valence-corrected chi connectivity index (χ4v) is 5.57. The molecule has 2 heteroatoms. The molecular formula is C20H37NO. The van der Waals surface area contributed by atoms with Gasteiger partial charge in [-0.15, -0.1) is 0 Å². The van der Waals surface area contributed by atoms with Gasteiger partial charge in [-0.1, -0.05) is 71.6 Å². The summed E-state index contributed by atoms with van der Waals surface area (Å²) < 4.78 is 0. The SMILES string of the molecule is CCCCC1(C2CCCCCC2)CCCCCC1(C)C(N)=O. The molecule has 0 aromatic heterocycles. The minimum absolute atomic E-state index is 0.0187. The number of primary amides is 1. The lowest BCUT2D eigenvalue weighted by molar-refractivity contribution is -0.141. The van der Waals surface area contributed by atoms with Gasteiger partial charge >= 0.3 is 0 Å². The van der Waals surface area contributed by atoms with Crippen LogP contribution in [0.5, 0.6) is 0 Å². The highest BCUT2D eigenvalue weighted by Gasteiger charge is 2.55. The molecular weight excluding hydrogens is 270 g/mol. The van der Waals surface area contributed by atoms with Crippen LogP contribution in [0.4, 0.5) is 0 Å². The van der Waals surface area contributed by atoms with Crippen LogP contribution in [0.2, 0.25) is 0 Å². The quantitative estimate of drug-likeness (QED) is 0.661. The zero-order chi connectivity index (χ0) is 16.1. The largest absolute Gasteiger partial charge is 0.369 e. The van der Waals surface area contributed by atoms with Crippen LogP contribution in [-0.4, -0.2) is 5.91 Å². The van der Waals surface area contributed by atoms with E-state index in [1.807, 2.05) is 0 Å². The van der Waals surface area contributed by atoms with Gasteiger partial charge in [0, 0.05) is 0 Å². The molecule has 1 amide bonds. The number of carbonyl (C=O) groups excluding carboxylic acids is 1. The van der Waals surface area contributed by atoms with Crippen LogP contribution in [0.1, 0.15) is 104 Å². The van der Waals surface area contributed by atoms with Gasteiger partial charge in [0.15, 0.2) is 0 Å². The normalized spacial score (nSPS) is 34.8. The summed E-state index contributed by atoms with van der Waals surface area (Å²) >= 11 is 0. The number of amides is 1. The Morgan fingerprint density at radius 3 is 2.18 bits per heavy atom. The van der Waals surface area contributed by atoms with Crippen LogP contribution in [0.25, 0.3) is 0 Å². The van der Waals surface area contributed by atoms with Crippen LogP contribution in [-0.2, 0) is 4.79 Å². The molecule has 2 unspecified atom stereocenters. The molecule has 0 aromatic rings. The number of nitrogens with two attached hydrogens (primary N) is 1. The van der Waals surface area contributed by atoms with Crippen molar-refractivity contribution in [3.8, 4) is 0 Å². The second-order valence-corrected chi connectivity index (χ2v) is 8.21. The molecule has 0 aliphatic heterocycles. The van der Waals surface area contributed by atoms with E-state index in [1.165, 1.54) is 83.5 Å². The van der Waals surface area contributed by atoms with Crippen LogP contribution in [0, 0.1) is 16.7 Å². The summed E-state index contributed by atoms with van der Waals surface area (Å²) in [5.41, 5.74) is 5.92. The topological polar surface area (TPSA) is 43.1 Å². The smallest absolute Gasteiger partial charge is 0.223 e. The van der Waals surface area contributed by atoms with Crippen molar-refractivity contribution in [2.75, 3.05) is 0 Å². The van der Waals surface area contributed by atoms with Gasteiger partial charge in [-0.2, -0.15) is 0 Å². The molecule has 0 saturated heterocycles. The molecule has 22 heavy (non-hydrogen) atoms. The van der Waals surface area contributed by atoms with Crippen molar-refractivity contribution in [1.82, 2.24) is 0 Å². The monoisotopic (exact) mass is 307 g/mol. The number of unbranched alkanes of at least 4 members (excludes halogenated alkanes) is 1. The lowest BCUT2D eigenvalue weighted by atomic mass is 9.52. The summed E-state index contributed by atoms with van der Waals surface area (Å²) in [6.45, 7) is 4.50. The molecule has 0 heterocycles. The first kappa shape index (κ1) is 17.8. The highest BCUT2D eigenvalue weighted by atomic mass is 16.1. The van der Waals surface area contributed by atoms with E-state index in [0.717, 1.165) is 12.3 Å². The molecule has 2 aliphatic rings. The fraction of sp³-hybridized carbons (Fsp3) is 0.950. The van der Waals surface area contributed by atoms with Gasteiger partial charge in [0.25, 0.3) is 0 Å². The van der Waals surface area contributed by atoms with Crippen molar-refractivity contribution < 1.29 is 4.79 Å². The molecule has 2 saturated carbocycles. The van der Waals surface area contributed by atoms with Crippen molar-refractivity contribution in [2.45, 2.75) is 104 Å². The second-order valence-electron chi connectivity index (χ2n) is 8.21. The van der Waals surface area contributed by atoms with Gasteiger partial charge in [-0.05, 0) is 43.4 Å². The Hall–Kier alpha value is -0.530. The summed E-state index contributed by atoms with van der Waals surface area (Å²) in [6, 6.07) is 0. The molecule has 2 atom stereocenters. The second kappa shape index (κ2) is 7.84. The van der Waals surface area contributed by atoms with E-state index in [-0.39, 0.29) is 16.7 Å². The minimum Gasteiger partial charge on any atom is -0.369 e. The predicted molar refractivity (Wildman–Crippen MR) is 93.5 cm³/mol. The van der Waals surface area contributed by atoms with Gasteiger partial charge in [0.05, 0.1) is 5.41 Å². The fourth-order valence-electron chi connectivity index (χ4n) is 5.57. The maximum Gasteiger partial charge on any atom is 0.223 e. The molecule has 2 nitrogen and oxygen atoms in total. The third kappa shape index (κ3) is 3.36. The van der Waals surface area contributed by atoms with Crippen molar-refractivity contribution in [1.29, 1.82) is 0 Å². The number of hydrogen-bond acceptors (Lipinski definition) is 1. The lowest BCUT2D eigenvalue weighted by Crippen LogP contribution is -2.52. The Labute approximate surface area is 137 Å². The predicted octanol–water partition coefficient (Wildman–Crippen LogP) is 5.59. The first-order valence-corrected chi connectivity index (χ1v) is 9.87. The van der Waals surface area contributed by atoms with Gasteiger partial charge in [0.2, 0.25) is 5.91 Å². The van der Waals surface area contributed by atoms with Crippen LogP contribution in [0.15, 0.2) is 0 Å². The first-order valence-electron chi connectivity index (χ1n) is 9.87. The Morgan fingerprint density at radius 2 is 1.59 bits per heavy atom. The average Bonchev–Trinajstić information content (AvgIpc) is 2.86. The number of hydrogen-bond donors (Lipinski definition) is 1. The van der Waals surface area contributed by atoms with E-state index in [4.69, 9.17) is 5.73 Å². The zero-order valence-electron chi connectivity index (χ0n) is 15.0. The first-order chi connectivity index (χ1) is 10.6. The highest BCUT2D eigenvalue weighted by Crippen LogP contribution is 2.59. The summed E-state index contributed by atoms with van der Waals surface area (Å²) in [6.07, 6.45) is 17.8. The molecule has 0 aromatic carbocycles. The Bertz CT molecular complexity index is 359. The molecule has 0 spiro atoms. The maximum absolute atomic E-state index is 12.6. The van der Waals surface area contributed by atoms with Gasteiger partial charge in [-0.3, -0.25) is 4.79 Å². The molecule has 2 aliphatic carbocycles. The van der Waals surface area contributed by atoms with Gasteiger partial charge in [-0.25, -0.2) is 0 Å². The van der Waals surface area contributed by atoms with E-state index >= 15 is 0 Å². The van der Waals surface area contributed by atoms with Crippen molar-refractivity contribution in [3.05, 3.63) is 0 Å². The van der Waals surface area contributed by atoms with Gasteiger partial charge in [0.1, 0.15) is 0 Å². The highest BCUT2D eigenvalue weighted by molar-refractivity contribution is 5.81. The van der Waals surface area contributed by atoms with Crippen LogP contribution in [0.3, 0.4) is 0 Å². The van der Waals surface area contributed by atoms with Crippen LogP contribution >= 0.6 is 0 Å². The van der Waals surface area contributed by atoms with E-state index in [2.05, 4.69) is 13.8 Å². The summed E-state index contributed by atoms with van der Waals surface area (Å²) in [4.78, 5) is 12.6. The Balaban J connectivity index is 2.39. The van der Waals surface area contributed by atoms with E-state index in [1.54, 1.807) is 0 Å². The summed E-state index contributed by atoms with van der Waals surface area (Å²) in [7, 11) is 0. The van der Waals surface area contributed by atoms with Crippen molar-refractivity contribution >= 4 is 5.91 Å². The number of carbonyl (C=O) groups is 1. The molecule has 2 fully saturated rings. The average molecular weight is 308 g/mol. The Morgan fingerprint density at radius 1 is 1.00 bits per heavy atom. The standard InChI is InChI=1S/C20H37NO/c1-3-4-15-20(17-12-8-5-6-9-13-17)16-11-7-10-14-19(20,2)18(21)22/h17H,3-16H2,1-2H3,(H2,21,22).